The minimum atomic E-state index is -1.04. The average Bonchev–Trinajstić information content (AvgIpc) is 2.64. The van der Waals surface area contributed by atoms with E-state index in [2.05, 4.69) is 20.6 Å². The maximum Gasteiger partial charge on any atom is 0.274 e. The van der Waals surface area contributed by atoms with Crippen LogP contribution in [0.5, 0.6) is 0 Å². The van der Waals surface area contributed by atoms with Gasteiger partial charge in [-0.05, 0) is 49.4 Å². The Morgan fingerprint density at radius 2 is 1.61 bits per heavy atom. The van der Waals surface area contributed by atoms with Crippen LogP contribution in [0, 0.1) is 18.6 Å². The second-order valence-electron chi connectivity index (χ2n) is 6.37. The molecule has 144 valence electrons. The number of benzene rings is 2. The molecule has 28 heavy (non-hydrogen) atoms. The standard InChI is InChI=1S/C20H19F2N5O/c1-12-10-18(19(28)24-14-6-9-16(21)17(22)11-14)26-20(23-12)25-13-4-7-15(8-5-13)27(2)3/h4-11H,1-3H3,(H,24,28)(H,23,25,26). The van der Waals surface area contributed by atoms with E-state index in [9.17, 15) is 13.6 Å². The van der Waals surface area contributed by atoms with Crippen molar-refractivity contribution in [1.82, 2.24) is 9.97 Å². The van der Waals surface area contributed by atoms with E-state index in [0.717, 1.165) is 23.5 Å². The van der Waals surface area contributed by atoms with Crippen molar-refractivity contribution in [3.8, 4) is 0 Å². The molecule has 6 nitrogen and oxygen atoms in total. The number of anilines is 4. The number of halogens is 2. The van der Waals surface area contributed by atoms with Crippen LogP contribution in [-0.4, -0.2) is 30.0 Å². The molecule has 0 aliphatic carbocycles. The van der Waals surface area contributed by atoms with Gasteiger partial charge in [-0.2, -0.15) is 0 Å². The normalized spacial score (nSPS) is 10.5. The van der Waals surface area contributed by atoms with Crippen molar-refractivity contribution in [3.05, 3.63) is 71.6 Å². The number of aryl methyl sites for hydroxylation is 1. The zero-order chi connectivity index (χ0) is 20.3. The topological polar surface area (TPSA) is 70.2 Å². The van der Waals surface area contributed by atoms with Gasteiger partial charge in [-0.25, -0.2) is 18.7 Å². The number of hydrogen-bond acceptors (Lipinski definition) is 5. The first kappa shape index (κ1) is 19.2. The van der Waals surface area contributed by atoms with Gasteiger partial charge in [0.2, 0.25) is 5.95 Å². The molecule has 0 saturated carbocycles. The highest BCUT2D eigenvalue weighted by Gasteiger charge is 2.13. The second kappa shape index (κ2) is 7.99. The summed E-state index contributed by atoms with van der Waals surface area (Å²) in [7, 11) is 3.90. The summed E-state index contributed by atoms with van der Waals surface area (Å²) < 4.78 is 26.3. The van der Waals surface area contributed by atoms with Crippen LogP contribution < -0.4 is 15.5 Å². The number of aromatic nitrogens is 2. The minimum Gasteiger partial charge on any atom is -0.378 e. The van der Waals surface area contributed by atoms with E-state index in [0.29, 0.717) is 5.69 Å². The van der Waals surface area contributed by atoms with E-state index in [-0.39, 0.29) is 17.3 Å². The summed E-state index contributed by atoms with van der Waals surface area (Å²) >= 11 is 0. The molecule has 3 aromatic rings. The maximum atomic E-state index is 13.3. The molecular formula is C20H19F2N5O. The minimum absolute atomic E-state index is 0.102. The second-order valence-corrected chi connectivity index (χ2v) is 6.37. The molecule has 0 atom stereocenters. The van der Waals surface area contributed by atoms with Crippen LogP contribution >= 0.6 is 0 Å². The monoisotopic (exact) mass is 383 g/mol. The van der Waals surface area contributed by atoms with Gasteiger partial charge < -0.3 is 15.5 Å². The maximum absolute atomic E-state index is 13.3. The van der Waals surface area contributed by atoms with Crippen LogP contribution in [0.1, 0.15) is 16.2 Å². The first-order valence-corrected chi connectivity index (χ1v) is 8.48. The van der Waals surface area contributed by atoms with E-state index in [1.54, 1.807) is 6.92 Å². The smallest absolute Gasteiger partial charge is 0.274 e. The summed E-state index contributed by atoms with van der Waals surface area (Å²) in [6.45, 7) is 1.73. The van der Waals surface area contributed by atoms with Crippen molar-refractivity contribution in [3.63, 3.8) is 0 Å². The van der Waals surface area contributed by atoms with Crippen molar-refractivity contribution < 1.29 is 13.6 Å². The SMILES string of the molecule is Cc1cc(C(=O)Nc2ccc(F)c(F)c2)nc(Nc2ccc(N(C)C)cc2)n1. The molecule has 0 aliphatic heterocycles. The van der Waals surface area contributed by atoms with Crippen LogP contribution in [0.15, 0.2) is 48.5 Å². The van der Waals surface area contributed by atoms with Crippen molar-refractivity contribution in [2.24, 2.45) is 0 Å². The van der Waals surface area contributed by atoms with Crippen molar-refractivity contribution in [2.45, 2.75) is 6.92 Å². The number of carbonyl (C=O) groups excluding carboxylic acids is 1. The molecule has 1 heterocycles. The highest BCUT2D eigenvalue weighted by molar-refractivity contribution is 6.03. The van der Waals surface area contributed by atoms with Gasteiger partial charge in [-0.15, -0.1) is 0 Å². The molecule has 0 spiro atoms. The van der Waals surface area contributed by atoms with Crippen molar-refractivity contribution in [1.29, 1.82) is 0 Å². The Morgan fingerprint density at radius 1 is 0.929 bits per heavy atom. The first-order valence-electron chi connectivity index (χ1n) is 8.48. The number of rotatable bonds is 5. The largest absolute Gasteiger partial charge is 0.378 e. The number of nitrogens with zero attached hydrogens (tertiary/aromatic N) is 3. The summed E-state index contributed by atoms with van der Waals surface area (Å²) in [5, 5.41) is 5.55. The molecular weight excluding hydrogens is 364 g/mol. The Labute approximate surface area is 161 Å². The third kappa shape index (κ3) is 4.59. The van der Waals surface area contributed by atoms with Crippen LogP contribution in [0.3, 0.4) is 0 Å². The lowest BCUT2D eigenvalue weighted by Gasteiger charge is -2.13. The van der Waals surface area contributed by atoms with Gasteiger partial charge in [-0.1, -0.05) is 0 Å². The molecule has 1 amide bonds. The number of hydrogen-bond donors (Lipinski definition) is 2. The Balaban J connectivity index is 1.78. The third-order valence-corrected chi connectivity index (χ3v) is 3.90. The lowest BCUT2D eigenvalue weighted by atomic mass is 10.2. The highest BCUT2D eigenvalue weighted by Crippen LogP contribution is 2.19. The lowest BCUT2D eigenvalue weighted by Crippen LogP contribution is -2.15. The third-order valence-electron chi connectivity index (χ3n) is 3.90. The summed E-state index contributed by atoms with van der Waals surface area (Å²) in [5.41, 5.74) is 2.63. The lowest BCUT2D eigenvalue weighted by molar-refractivity contribution is 0.102. The molecule has 0 aliphatic rings. The number of nitrogens with one attached hydrogen (secondary N) is 2. The van der Waals surface area contributed by atoms with Gasteiger partial charge in [-0.3, -0.25) is 4.79 Å². The zero-order valence-corrected chi connectivity index (χ0v) is 15.6. The molecule has 0 bridgehead atoms. The molecule has 1 aromatic heterocycles. The highest BCUT2D eigenvalue weighted by atomic mass is 19.2. The summed E-state index contributed by atoms with van der Waals surface area (Å²) in [6, 6.07) is 12.3. The first-order chi connectivity index (χ1) is 13.3. The van der Waals surface area contributed by atoms with E-state index in [1.807, 2.05) is 43.3 Å². The van der Waals surface area contributed by atoms with Gasteiger partial charge in [0.15, 0.2) is 11.6 Å². The molecule has 2 aromatic carbocycles. The molecule has 0 fully saturated rings. The summed E-state index contributed by atoms with van der Waals surface area (Å²) in [5.74, 6) is -2.32. The van der Waals surface area contributed by atoms with E-state index >= 15 is 0 Å². The predicted molar refractivity (Wildman–Crippen MR) is 105 cm³/mol. The fourth-order valence-electron chi connectivity index (χ4n) is 2.48. The van der Waals surface area contributed by atoms with E-state index in [1.165, 1.54) is 12.1 Å². The molecule has 3 rings (SSSR count). The van der Waals surface area contributed by atoms with Gasteiger partial charge in [0.1, 0.15) is 5.69 Å². The Morgan fingerprint density at radius 3 is 2.25 bits per heavy atom. The summed E-state index contributed by atoms with van der Waals surface area (Å²) in [4.78, 5) is 22.9. The quantitative estimate of drug-likeness (QED) is 0.693. The summed E-state index contributed by atoms with van der Waals surface area (Å²) in [6.07, 6.45) is 0. The zero-order valence-electron chi connectivity index (χ0n) is 15.6. The van der Waals surface area contributed by atoms with Crippen LogP contribution in [-0.2, 0) is 0 Å². The van der Waals surface area contributed by atoms with Gasteiger partial charge in [0.25, 0.3) is 5.91 Å². The van der Waals surface area contributed by atoms with Crippen molar-refractivity contribution >= 4 is 28.9 Å². The Bertz CT molecular complexity index is 1010. The molecule has 0 unspecified atom stereocenters. The molecule has 0 saturated heterocycles. The average molecular weight is 383 g/mol. The van der Waals surface area contributed by atoms with Gasteiger partial charge in [0, 0.05) is 42.9 Å². The van der Waals surface area contributed by atoms with Crippen LogP contribution in [0.4, 0.5) is 31.8 Å². The van der Waals surface area contributed by atoms with E-state index in [4.69, 9.17) is 0 Å². The van der Waals surface area contributed by atoms with Gasteiger partial charge in [0.05, 0.1) is 0 Å². The Hall–Kier alpha value is -3.55. The van der Waals surface area contributed by atoms with Gasteiger partial charge >= 0.3 is 0 Å². The predicted octanol–water partition coefficient (Wildman–Crippen LogP) is 4.13. The van der Waals surface area contributed by atoms with Crippen molar-refractivity contribution in [2.75, 3.05) is 29.6 Å². The Kier molecular flexibility index (Phi) is 5.49. The fraction of sp³-hybridized carbons (Fsp3) is 0.150. The van der Waals surface area contributed by atoms with Crippen LogP contribution in [0.25, 0.3) is 0 Å². The molecule has 8 heteroatoms. The number of amides is 1. The van der Waals surface area contributed by atoms with Crippen LogP contribution in [0.2, 0.25) is 0 Å². The fourth-order valence-corrected chi connectivity index (χ4v) is 2.48. The molecule has 2 N–H and O–H groups in total. The molecule has 0 radical (unpaired) electrons. The van der Waals surface area contributed by atoms with E-state index < -0.39 is 17.5 Å². The number of carbonyl (C=O) groups is 1.